The van der Waals surface area contributed by atoms with E-state index in [2.05, 4.69) is 5.32 Å². The molecule has 0 aliphatic rings. The fourth-order valence-electron chi connectivity index (χ4n) is 2.14. The summed E-state index contributed by atoms with van der Waals surface area (Å²) >= 11 is 0. The fourth-order valence-corrected chi connectivity index (χ4v) is 2.14. The van der Waals surface area contributed by atoms with Crippen LogP contribution in [0.25, 0.3) is 11.0 Å². The van der Waals surface area contributed by atoms with Gasteiger partial charge in [-0.2, -0.15) is 0 Å². The lowest BCUT2D eigenvalue weighted by atomic mass is 10.1. The fraction of sp³-hybridized carbons (Fsp3) is 0.375. The predicted molar refractivity (Wildman–Crippen MR) is 80.5 cm³/mol. The van der Waals surface area contributed by atoms with Gasteiger partial charge in [-0.1, -0.05) is 18.2 Å². The summed E-state index contributed by atoms with van der Waals surface area (Å²) < 4.78 is 15.9. The SMILES string of the molecule is CCNC(=O)C(C)OC(=O)c1oc2ccccc2c1COC. The molecule has 0 radical (unpaired) electrons. The van der Waals surface area contributed by atoms with E-state index >= 15 is 0 Å². The molecule has 1 aromatic heterocycles. The Balaban J connectivity index is 2.27. The zero-order valence-corrected chi connectivity index (χ0v) is 12.8. The van der Waals surface area contributed by atoms with Crippen molar-refractivity contribution in [2.24, 2.45) is 0 Å². The summed E-state index contributed by atoms with van der Waals surface area (Å²) in [6.45, 7) is 4.00. The van der Waals surface area contributed by atoms with Crippen molar-refractivity contribution in [3.63, 3.8) is 0 Å². The quantitative estimate of drug-likeness (QED) is 0.828. The number of ether oxygens (including phenoxy) is 2. The molecule has 6 nitrogen and oxygen atoms in total. The Labute approximate surface area is 128 Å². The van der Waals surface area contributed by atoms with Gasteiger partial charge in [-0.3, -0.25) is 4.79 Å². The standard InChI is InChI=1S/C16H19NO5/c1-4-17-15(18)10(2)21-16(19)14-12(9-20-3)11-7-5-6-8-13(11)22-14/h5-8,10H,4,9H2,1-3H3,(H,17,18). The lowest BCUT2D eigenvalue weighted by molar-refractivity contribution is -0.129. The molecule has 2 rings (SSSR count). The molecule has 1 N–H and O–H groups in total. The third-order valence-corrected chi connectivity index (χ3v) is 3.18. The number of methoxy groups -OCH3 is 1. The summed E-state index contributed by atoms with van der Waals surface area (Å²) in [5.74, 6) is -0.957. The van der Waals surface area contributed by atoms with Crippen molar-refractivity contribution < 1.29 is 23.5 Å². The van der Waals surface area contributed by atoms with Gasteiger partial charge in [0.25, 0.3) is 5.91 Å². The Morgan fingerprint density at radius 3 is 2.73 bits per heavy atom. The summed E-state index contributed by atoms with van der Waals surface area (Å²) in [4.78, 5) is 23.9. The molecule has 1 aromatic carbocycles. The van der Waals surface area contributed by atoms with E-state index in [9.17, 15) is 9.59 Å². The highest BCUT2D eigenvalue weighted by Crippen LogP contribution is 2.27. The van der Waals surface area contributed by atoms with Gasteiger partial charge in [0, 0.05) is 24.6 Å². The van der Waals surface area contributed by atoms with Crippen molar-refractivity contribution in [3.05, 3.63) is 35.6 Å². The van der Waals surface area contributed by atoms with E-state index in [-0.39, 0.29) is 18.3 Å². The first-order valence-electron chi connectivity index (χ1n) is 7.06. The average Bonchev–Trinajstić information content (AvgIpc) is 2.87. The highest BCUT2D eigenvalue weighted by atomic mass is 16.6. The topological polar surface area (TPSA) is 77.8 Å². The van der Waals surface area contributed by atoms with E-state index in [4.69, 9.17) is 13.9 Å². The minimum atomic E-state index is -0.893. The molecule has 1 amide bonds. The van der Waals surface area contributed by atoms with Crippen LogP contribution in [0.3, 0.4) is 0 Å². The van der Waals surface area contributed by atoms with Crippen LogP contribution in [0.1, 0.15) is 30.0 Å². The number of hydrogen-bond donors (Lipinski definition) is 1. The largest absolute Gasteiger partial charge is 0.449 e. The van der Waals surface area contributed by atoms with Crippen LogP contribution in [0.4, 0.5) is 0 Å². The molecule has 2 aromatic rings. The third-order valence-electron chi connectivity index (χ3n) is 3.18. The number of carbonyl (C=O) groups excluding carboxylic acids is 2. The lowest BCUT2D eigenvalue weighted by Gasteiger charge is -2.12. The Morgan fingerprint density at radius 1 is 1.32 bits per heavy atom. The Hall–Kier alpha value is -2.34. The number of carbonyl (C=O) groups is 2. The van der Waals surface area contributed by atoms with Crippen molar-refractivity contribution in [2.45, 2.75) is 26.6 Å². The maximum Gasteiger partial charge on any atom is 0.375 e. The number of furan rings is 1. The van der Waals surface area contributed by atoms with Crippen molar-refractivity contribution in [1.82, 2.24) is 5.32 Å². The Morgan fingerprint density at radius 2 is 2.05 bits per heavy atom. The minimum absolute atomic E-state index is 0.0687. The number of benzene rings is 1. The highest BCUT2D eigenvalue weighted by molar-refractivity contribution is 5.97. The summed E-state index contributed by atoms with van der Waals surface area (Å²) in [5.41, 5.74) is 1.19. The number of nitrogens with one attached hydrogen (secondary N) is 1. The number of rotatable bonds is 6. The van der Waals surface area contributed by atoms with Crippen molar-refractivity contribution in [1.29, 1.82) is 0 Å². The molecule has 6 heteroatoms. The first kappa shape index (κ1) is 16.0. The molecule has 1 unspecified atom stereocenters. The normalized spacial score (nSPS) is 12.1. The summed E-state index contributed by atoms with van der Waals surface area (Å²) in [6, 6.07) is 7.27. The van der Waals surface area contributed by atoms with Crippen LogP contribution >= 0.6 is 0 Å². The molecule has 1 atom stereocenters. The van der Waals surface area contributed by atoms with Gasteiger partial charge in [0.2, 0.25) is 5.76 Å². The van der Waals surface area contributed by atoms with Crippen LogP contribution < -0.4 is 5.32 Å². The molecule has 1 heterocycles. The van der Waals surface area contributed by atoms with E-state index in [1.807, 2.05) is 18.2 Å². The number of para-hydroxylation sites is 1. The van der Waals surface area contributed by atoms with Crippen molar-refractivity contribution in [3.8, 4) is 0 Å². The number of amides is 1. The maximum absolute atomic E-state index is 12.3. The van der Waals surface area contributed by atoms with Gasteiger partial charge in [-0.05, 0) is 19.9 Å². The highest BCUT2D eigenvalue weighted by Gasteiger charge is 2.25. The van der Waals surface area contributed by atoms with E-state index in [0.717, 1.165) is 5.39 Å². The molecule has 0 aliphatic heterocycles. The van der Waals surface area contributed by atoms with Crippen LogP contribution in [-0.2, 0) is 20.9 Å². The van der Waals surface area contributed by atoms with E-state index in [0.29, 0.717) is 17.7 Å². The molecular weight excluding hydrogens is 286 g/mol. The summed E-state index contributed by atoms with van der Waals surface area (Å²) in [7, 11) is 1.54. The Kier molecular flexibility index (Phi) is 5.16. The first-order chi connectivity index (χ1) is 10.6. The lowest BCUT2D eigenvalue weighted by Crippen LogP contribution is -2.35. The van der Waals surface area contributed by atoms with Crippen LogP contribution in [0.5, 0.6) is 0 Å². The zero-order valence-electron chi connectivity index (χ0n) is 12.8. The number of fused-ring (bicyclic) bond motifs is 1. The maximum atomic E-state index is 12.3. The minimum Gasteiger partial charge on any atom is -0.449 e. The van der Waals surface area contributed by atoms with Gasteiger partial charge in [-0.15, -0.1) is 0 Å². The van der Waals surface area contributed by atoms with Gasteiger partial charge in [-0.25, -0.2) is 4.79 Å². The monoisotopic (exact) mass is 305 g/mol. The van der Waals surface area contributed by atoms with E-state index in [1.165, 1.54) is 14.0 Å². The van der Waals surface area contributed by atoms with Gasteiger partial charge >= 0.3 is 5.97 Å². The van der Waals surface area contributed by atoms with Crippen LogP contribution in [0.2, 0.25) is 0 Å². The van der Waals surface area contributed by atoms with Crippen LogP contribution in [-0.4, -0.2) is 31.6 Å². The van der Waals surface area contributed by atoms with Crippen molar-refractivity contribution >= 4 is 22.8 Å². The zero-order chi connectivity index (χ0) is 16.1. The molecule has 0 bridgehead atoms. The molecule has 22 heavy (non-hydrogen) atoms. The van der Waals surface area contributed by atoms with Crippen molar-refractivity contribution in [2.75, 3.05) is 13.7 Å². The van der Waals surface area contributed by atoms with E-state index in [1.54, 1.807) is 13.0 Å². The smallest absolute Gasteiger partial charge is 0.375 e. The van der Waals surface area contributed by atoms with E-state index < -0.39 is 12.1 Å². The van der Waals surface area contributed by atoms with Gasteiger partial charge in [0.05, 0.1) is 6.61 Å². The molecule has 0 fully saturated rings. The summed E-state index contributed by atoms with van der Waals surface area (Å²) in [6.07, 6.45) is -0.893. The number of hydrogen-bond acceptors (Lipinski definition) is 5. The van der Waals surface area contributed by atoms with Gasteiger partial charge in [0.15, 0.2) is 6.10 Å². The Bertz CT molecular complexity index is 676. The average molecular weight is 305 g/mol. The third kappa shape index (κ3) is 3.28. The molecule has 118 valence electrons. The predicted octanol–water partition coefficient (Wildman–Crippen LogP) is 2.26. The second-order valence-corrected chi connectivity index (χ2v) is 4.78. The molecular formula is C16H19NO5. The van der Waals surface area contributed by atoms with Gasteiger partial charge in [0.1, 0.15) is 5.58 Å². The molecule has 0 saturated heterocycles. The second-order valence-electron chi connectivity index (χ2n) is 4.78. The van der Waals surface area contributed by atoms with Crippen LogP contribution in [0, 0.1) is 0 Å². The second kappa shape index (κ2) is 7.09. The molecule has 0 spiro atoms. The first-order valence-corrected chi connectivity index (χ1v) is 7.06. The number of likely N-dealkylation sites (N-methyl/N-ethyl adjacent to an activating group) is 1. The number of esters is 1. The van der Waals surface area contributed by atoms with Crippen LogP contribution in [0.15, 0.2) is 28.7 Å². The van der Waals surface area contributed by atoms with Gasteiger partial charge < -0.3 is 19.2 Å². The summed E-state index contributed by atoms with van der Waals surface area (Å²) in [5, 5.41) is 3.39. The molecule has 0 aliphatic carbocycles. The molecule has 0 saturated carbocycles.